The topological polar surface area (TPSA) is 44.7 Å². The van der Waals surface area contributed by atoms with Crippen molar-refractivity contribution in [3.05, 3.63) is 35.6 Å². The second-order valence-electron chi connectivity index (χ2n) is 9.86. The Balaban J connectivity index is 1.46. The number of urea groups is 1. The van der Waals surface area contributed by atoms with Crippen LogP contribution in [-0.2, 0) is 0 Å². The molecule has 5 heteroatoms. The number of nitrogens with one attached hydrogen (secondary N) is 1. The predicted octanol–water partition coefficient (Wildman–Crippen LogP) is 5.55. The molecular weight excluding hydrogens is 365 g/mol. The molecule has 2 amide bonds. The second kappa shape index (κ2) is 7.73. The lowest BCUT2D eigenvalue weighted by molar-refractivity contribution is -0.113. The quantitative estimate of drug-likeness (QED) is 0.693. The molecule has 5 rings (SSSR count). The summed E-state index contributed by atoms with van der Waals surface area (Å²) in [6.45, 7) is 9.56. The summed E-state index contributed by atoms with van der Waals surface area (Å²) in [4.78, 5) is 13.0. The molecule has 158 valence electrons. The Morgan fingerprint density at radius 1 is 1.31 bits per heavy atom. The lowest BCUT2D eigenvalue weighted by Gasteiger charge is -2.62. The molecule has 1 aromatic carbocycles. The van der Waals surface area contributed by atoms with E-state index in [1.807, 2.05) is 12.1 Å². The van der Waals surface area contributed by atoms with Gasteiger partial charge in [-0.05, 0) is 60.5 Å². The van der Waals surface area contributed by atoms with E-state index < -0.39 is 0 Å². The van der Waals surface area contributed by atoms with Crippen LogP contribution in [0.2, 0.25) is 0 Å². The normalized spacial score (nSPS) is 32.5. The Labute approximate surface area is 173 Å². The smallest absolute Gasteiger partial charge is 0.333 e. The van der Waals surface area contributed by atoms with E-state index in [1.54, 1.807) is 11.1 Å². The Kier molecular flexibility index (Phi) is 5.43. The molecule has 5 atom stereocenters. The van der Waals surface area contributed by atoms with Gasteiger partial charge in [0.15, 0.2) is 0 Å². The standard InChI is InChI=1S/C24H34FN3O/c1-5-6-11-21-18(17-9-7-8-10-20(17)25)14-28(27-21)23(29)26-22-13-16-12-19(15(22)2)24(16,3)4/h7-10,15-16,18-19,22H,5-6,11-14H2,1-4H3,(H,26,29)/t15-,16+,18?,19+,22+/m1/s1. The average Bonchev–Trinajstić information content (AvgIpc) is 3.11. The van der Waals surface area contributed by atoms with Gasteiger partial charge in [-0.25, -0.2) is 14.2 Å². The number of halogens is 1. The highest BCUT2D eigenvalue weighted by atomic mass is 19.1. The molecule has 1 heterocycles. The van der Waals surface area contributed by atoms with Crippen molar-refractivity contribution >= 4 is 11.7 Å². The fourth-order valence-electron chi connectivity index (χ4n) is 5.86. The number of amides is 2. The molecule has 1 N–H and O–H groups in total. The first-order chi connectivity index (χ1) is 13.8. The summed E-state index contributed by atoms with van der Waals surface area (Å²) in [5, 5.41) is 9.45. The van der Waals surface area contributed by atoms with Crippen molar-refractivity contribution < 1.29 is 9.18 Å². The van der Waals surface area contributed by atoms with Crippen LogP contribution in [0.25, 0.3) is 0 Å². The molecule has 2 bridgehead atoms. The lowest BCUT2D eigenvalue weighted by Crippen LogP contribution is -2.61. The second-order valence-corrected chi connectivity index (χ2v) is 9.86. The van der Waals surface area contributed by atoms with Gasteiger partial charge in [-0.1, -0.05) is 52.3 Å². The zero-order chi connectivity index (χ0) is 20.8. The van der Waals surface area contributed by atoms with Gasteiger partial charge in [-0.15, -0.1) is 0 Å². The maximum Gasteiger partial charge on any atom is 0.338 e. The first-order valence-corrected chi connectivity index (χ1v) is 11.2. The molecule has 1 unspecified atom stereocenters. The summed E-state index contributed by atoms with van der Waals surface area (Å²) in [6.07, 6.45) is 5.19. The van der Waals surface area contributed by atoms with Crippen molar-refractivity contribution in [3.8, 4) is 0 Å². The Hall–Kier alpha value is -1.91. The number of benzene rings is 1. The van der Waals surface area contributed by atoms with E-state index in [-0.39, 0.29) is 23.8 Å². The van der Waals surface area contributed by atoms with Crippen molar-refractivity contribution in [1.29, 1.82) is 0 Å². The van der Waals surface area contributed by atoms with Crippen LogP contribution in [-0.4, -0.2) is 29.3 Å². The summed E-state index contributed by atoms with van der Waals surface area (Å²) >= 11 is 0. The highest BCUT2D eigenvalue weighted by Crippen LogP contribution is 2.61. The number of rotatable bonds is 5. The molecule has 3 saturated carbocycles. The first-order valence-electron chi connectivity index (χ1n) is 11.2. The van der Waals surface area contributed by atoms with Crippen molar-refractivity contribution in [3.63, 3.8) is 0 Å². The van der Waals surface area contributed by atoms with Crippen LogP contribution in [0.15, 0.2) is 29.4 Å². The number of fused-ring (bicyclic) bond motifs is 2. The molecule has 29 heavy (non-hydrogen) atoms. The van der Waals surface area contributed by atoms with Gasteiger partial charge < -0.3 is 5.32 Å². The zero-order valence-electron chi connectivity index (χ0n) is 18.1. The minimum Gasteiger partial charge on any atom is -0.333 e. The van der Waals surface area contributed by atoms with Crippen molar-refractivity contribution in [1.82, 2.24) is 10.3 Å². The van der Waals surface area contributed by atoms with E-state index in [4.69, 9.17) is 0 Å². The van der Waals surface area contributed by atoms with Crippen molar-refractivity contribution in [2.24, 2.45) is 28.3 Å². The third kappa shape index (κ3) is 3.57. The monoisotopic (exact) mass is 399 g/mol. The van der Waals surface area contributed by atoms with E-state index >= 15 is 0 Å². The number of unbranched alkanes of at least 4 members (excludes halogenated alkanes) is 1. The van der Waals surface area contributed by atoms with E-state index in [2.05, 4.69) is 38.1 Å². The molecular formula is C24H34FN3O. The number of hydrazone groups is 1. The van der Waals surface area contributed by atoms with E-state index in [0.717, 1.165) is 31.4 Å². The SMILES string of the molecule is CCCCC1=NN(C(=O)N[C@H]2C[C@@H]3C[C@@H]([C@H]2C)C3(C)C)CC1c1ccccc1F. The van der Waals surface area contributed by atoms with Gasteiger partial charge in [0.1, 0.15) is 5.82 Å². The van der Waals surface area contributed by atoms with Gasteiger partial charge in [-0.2, -0.15) is 5.10 Å². The van der Waals surface area contributed by atoms with Crippen LogP contribution in [0.1, 0.15) is 71.3 Å². The van der Waals surface area contributed by atoms with Gasteiger partial charge >= 0.3 is 6.03 Å². The number of hydrogen-bond donors (Lipinski definition) is 1. The molecule has 3 aliphatic carbocycles. The van der Waals surface area contributed by atoms with E-state index in [0.29, 0.717) is 35.3 Å². The molecule has 0 saturated heterocycles. The minimum absolute atomic E-state index is 0.131. The molecule has 0 spiro atoms. The van der Waals surface area contributed by atoms with E-state index in [1.165, 1.54) is 12.5 Å². The Morgan fingerprint density at radius 3 is 2.72 bits per heavy atom. The van der Waals surface area contributed by atoms with Crippen LogP contribution < -0.4 is 5.32 Å². The van der Waals surface area contributed by atoms with Gasteiger partial charge in [-0.3, -0.25) is 0 Å². The Morgan fingerprint density at radius 2 is 2.07 bits per heavy atom. The van der Waals surface area contributed by atoms with Gasteiger partial charge in [0, 0.05) is 17.7 Å². The van der Waals surface area contributed by atoms with Crippen LogP contribution in [0, 0.1) is 29.0 Å². The Bertz CT molecular complexity index is 805. The summed E-state index contributed by atoms with van der Waals surface area (Å²) in [5.74, 6) is 1.49. The highest BCUT2D eigenvalue weighted by Gasteiger charge is 2.56. The number of carbonyl (C=O) groups excluding carboxylic acids is 1. The van der Waals surface area contributed by atoms with E-state index in [9.17, 15) is 9.18 Å². The summed E-state index contributed by atoms with van der Waals surface area (Å²) < 4.78 is 14.4. The zero-order valence-corrected chi connectivity index (χ0v) is 18.1. The minimum atomic E-state index is -0.216. The van der Waals surface area contributed by atoms with Crippen LogP contribution in [0.3, 0.4) is 0 Å². The number of carbonyl (C=O) groups is 1. The number of nitrogens with zero attached hydrogens (tertiary/aromatic N) is 2. The van der Waals surface area contributed by atoms with Gasteiger partial charge in [0.05, 0.1) is 6.54 Å². The summed E-state index contributed by atoms with van der Waals surface area (Å²) in [5.41, 5.74) is 1.97. The van der Waals surface area contributed by atoms with Gasteiger partial charge in [0.25, 0.3) is 0 Å². The largest absolute Gasteiger partial charge is 0.338 e. The van der Waals surface area contributed by atoms with Crippen molar-refractivity contribution in [2.75, 3.05) is 6.54 Å². The highest BCUT2D eigenvalue weighted by molar-refractivity contribution is 5.94. The van der Waals surface area contributed by atoms with Crippen molar-refractivity contribution in [2.45, 2.75) is 71.8 Å². The average molecular weight is 400 g/mol. The fraction of sp³-hybridized carbons (Fsp3) is 0.667. The lowest BCUT2D eigenvalue weighted by atomic mass is 9.45. The van der Waals surface area contributed by atoms with Crippen LogP contribution >= 0.6 is 0 Å². The predicted molar refractivity (Wildman–Crippen MR) is 114 cm³/mol. The number of hydrogen-bond acceptors (Lipinski definition) is 2. The molecule has 0 radical (unpaired) electrons. The molecule has 1 aromatic rings. The third-order valence-corrected chi connectivity index (χ3v) is 7.97. The van der Waals surface area contributed by atoms with Crippen LogP contribution in [0.4, 0.5) is 9.18 Å². The first kappa shape index (κ1) is 20.4. The maximum atomic E-state index is 14.4. The summed E-state index contributed by atoms with van der Waals surface area (Å²) in [6, 6.07) is 6.96. The molecule has 3 fully saturated rings. The molecule has 0 aromatic heterocycles. The molecule has 4 nitrogen and oxygen atoms in total. The third-order valence-electron chi connectivity index (χ3n) is 7.97. The molecule has 4 aliphatic rings. The maximum absolute atomic E-state index is 14.4. The fourth-order valence-corrected chi connectivity index (χ4v) is 5.86. The van der Waals surface area contributed by atoms with Crippen LogP contribution in [0.5, 0.6) is 0 Å². The van der Waals surface area contributed by atoms with Gasteiger partial charge in [0.2, 0.25) is 0 Å². The summed E-state index contributed by atoms with van der Waals surface area (Å²) in [7, 11) is 0. The molecule has 1 aliphatic heterocycles.